The van der Waals surface area contributed by atoms with Crippen LogP contribution in [0.3, 0.4) is 0 Å². The minimum absolute atomic E-state index is 0.0559. The highest BCUT2D eigenvalue weighted by atomic mass is 127. The van der Waals surface area contributed by atoms with E-state index in [0.29, 0.717) is 9.32 Å². The molecule has 4 rings (SSSR count). The molecule has 0 fully saturated rings. The third kappa shape index (κ3) is 2.84. The van der Waals surface area contributed by atoms with Crippen molar-refractivity contribution in [2.75, 3.05) is 0 Å². The molecule has 2 N–H and O–H groups in total. The van der Waals surface area contributed by atoms with E-state index in [1.807, 2.05) is 54.6 Å². The van der Waals surface area contributed by atoms with E-state index >= 15 is 0 Å². The molecule has 3 aromatic rings. The zero-order valence-corrected chi connectivity index (χ0v) is 17.2. The van der Waals surface area contributed by atoms with Crippen molar-refractivity contribution in [3.05, 3.63) is 79.4 Å². The number of ketones is 2. The second-order valence-electron chi connectivity index (χ2n) is 6.74. The SMILES string of the molecule is Cc1cc(C)cc(Oc2cc3c(c(O)c2I)C(=O)c2c(O)cccc2C3=O)c1. The maximum atomic E-state index is 12.9. The number of aromatic hydroxyl groups is 2. The van der Waals surface area contributed by atoms with E-state index in [1.165, 1.54) is 24.3 Å². The average Bonchev–Trinajstić information content (AvgIpc) is 2.62. The van der Waals surface area contributed by atoms with Crippen molar-refractivity contribution in [2.45, 2.75) is 13.8 Å². The minimum atomic E-state index is -0.587. The van der Waals surface area contributed by atoms with Crippen LogP contribution >= 0.6 is 22.6 Å². The van der Waals surface area contributed by atoms with Gasteiger partial charge in [-0.05, 0) is 71.8 Å². The Hall–Kier alpha value is -2.87. The molecule has 0 unspecified atom stereocenters. The largest absolute Gasteiger partial charge is 0.507 e. The van der Waals surface area contributed by atoms with Gasteiger partial charge in [-0.1, -0.05) is 18.2 Å². The fourth-order valence-corrected chi connectivity index (χ4v) is 4.00. The van der Waals surface area contributed by atoms with Crippen molar-refractivity contribution in [3.8, 4) is 23.0 Å². The lowest BCUT2D eigenvalue weighted by Crippen LogP contribution is -2.21. The van der Waals surface area contributed by atoms with Gasteiger partial charge in [0.05, 0.1) is 14.7 Å². The van der Waals surface area contributed by atoms with E-state index < -0.39 is 11.6 Å². The fourth-order valence-electron chi connectivity index (χ4n) is 3.46. The number of fused-ring (bicyclic) bond motifs is 2. The molecule has 3 aromatic carbocycles. The molecular formula is C22H15IO5. The van der Waals surface area contributed by atoms with Crippen molar-refractivity contribution >= 4 is 34.2 Å². The molecule has 0 heterocycles. The summed E-state index contributed by atoms with van der Waals surface area (Å²) in [5.74, 6) is -0.793. The molecule has 1 aliphatic rings. The summed E-state index contributed by atoms with van der Waals surface area (Å²) >= 11 is 1.88. The topological polar surface area (TPSA) is 83.8 Å². The first-order chi connectivity index (χ1) is 13.3. The molecule has 28 heavy (non-hydrogen) atoms. The van der Waals surface area contributed by atoms with Gasteiger partial charge in [-0.15, -0.1) is 0 Å². The van der Waals surface area contributed by atoms with Gasteiger partial charge in [0.25, 0.3) is 0 Å². The summed E-state index contributed by atoms with van der Waals surface area (Å²) in [4.78, 5) is 25.8. The van der Waals surface area contributed by atoms with E-state index in [2.05, 4.69) is 0 Å². The molecule has 0 aromatic heterocycles. The van der Waals surface area contributed by atoms with Crippen LogP contribution in [0.15, 0.2) is 42.5 Å². The van der Waals surface area contributed by atoms with Gasteiger partial charge in [0.1, 0.15) is 23.0 Å². The standard InChI is InChI=1S/C22H15IO5/c1-10-6-11(2)8-12(7-10)28-16-9-14-18(22(27)19(16)23)21(26)17-13(20(14)25)4-3-5-15(17)24/h3-9,24,27H,1-2H3. The van der Waals surface area contributed by atoms with Crippen molar-refractivity contribution in [1.29, 1.82) is 0 Å². The molecule has 0 radical (unpaired) electrons. The first kappa shape index (κ1) is 18.5. The lowest BCUT2D eigenvalue weighted by molar-refractivity contribution is 0.0974. The summed E-state index contributed by atoms with van der Waals surface area (Å²) in [5.41, 5.74) is 1.99. The minimum Gasteiger partial charge on any atom is -0.507 e. The van der Waals surface area contributed by atoms with Crippen LogP contribution in [-0.4, -0.2) is 21.8 Å². The van der Waals surface area contributed by atoms with Gasteiger partial charge in [0.15, 0.2) is 5.78 Å². The summed E-state index contributed by atoms with van der Waals surface area (Å²) in [5, 5.41) is 20.7. The molecule has 140 valence electrons. The monoisotopic (exact) mass is 486 g/mol. The Bertz CT molecular complexity index is 1160. The van der Waals surface area contributed by atoms with Gasteiger partial charge in [0.2, 0.25) is 5.78 Å². The summed E-state index contributed by atoms with van der Waals surface area (Å²) in [6, 6.07) is 11.5. The molecule has 0 atom stereocenters. The number of benzene rings is 3. The average molecular weight is 486 g/mol. The number of hydrogen-bond donors (Lipinski definition) is 2. The Morgan fingerprint density at radius 1 is 0.857 bits per heavy atom. The quantitative estimate of drug-likeness (QED) is 0.395. The predicted molar refractivity (Wildman–Crippen MR) is 112 cm³/mol. The zero-order chi connectivity index (χ0) is 20.2. The number of phenols is 2. The lowest BCUT2D eigenvalue weighted by atomic mass is 9.83. The van der Waals surface area contributed by atoms with Crippen LogP contribution in [0.1, 0.15) is 43.0 Å². The zero-order valence-electron chi connectivity index (χ0n) is 15.0. The number of ether oxygens (including phenoxy) is 1. The van der Waals surface area contributed by atoms with Crippen LogP contribution in [0.4, 0.5) is 0 Å². The number of aryl methyl sites for hydroxylation is 2. The van der Waals surface area contributed by atoms with Crippen LogP contribution < -0.4 is 4.74 Å². The van der Waals surface area contributed by atoms with Crippen molar-refractivity contribution in [1.82, 2.24) is 0 Å². The number of carbonyl (C=O) groups is 2. The molecule has 0 bridgehead atoms. The summed E-state index contributed by atoms with van der Waals surface area (Å²) < 4.78 is 6.25. The van der Waals surface area contributed by atoms with E-state index in [9.17, 15) is 19.8 Å². The molecule has 1 aliphatic carbocycles. The van der Waals surface area contributed by atoms with E-state index in [4.69, 9.17) is 4.74 Å². The van der Waals surface area contributed by atoms with Crippen LogP contribution in [0.5, 0.6) is 23.0 Å². The van der Waals surface area contributed by atoms with Crippen LogP contribution in [0.25, 0.3) is 0 Å². The number of phenolic OH excluding ortho intramolecular Hbond substituents is 2. The number of hydrogen-bond acceptors (Lipinski definition) is 5. The van der Waals surface area contributed by atoms with Crippen molar-refractivity contribution in [2.24, 2.45) is 0 Å². The molecule has 0 spiro atoms. The van der Waals surface area contributed by atoms with Gasteiger partial charge in [-0.25, -0.2) is 0 Å². The first-order valence-electron chi connectivity index (χ1n) is 8.51. The van der Waals surface area contributed by atoms with Crippen LogP contribution in [0, 0.1) is 17.4 Å². The van der Waals surface area contributed by atoms with Crippen molar-refractivity contribution in [3.63, 3.8) is 0 Å². The Kier molecular flexibility index (Phi) is 4.38. The van der Waals surface area contributed by atoms with E-state index in [-0.39, 0.29) is 39.5 Å². The third-order valence-corrected chi connectivity index (χ3v) is 5.66. The Morgan fingerprint density at radius 3 is 2.21 bits per heavy atom. The molecule has 0 aliphatic heterocycles. The molecule has 0 saturated carbocycles. The molecule has 5 nitrogen and oxygen atoms in total. The molecule has 6 heteroatoms. The predicted octanol–water partition coefficient (Wildman–Crippen LogP) is 4.89. The normalized spacial score (nSPS) is 12.5. The van der Waals surface area contributed by atoms with Gasteiger partial charge in [0, 0.05) is 11.1 Å². The first-order valence-corrected chi connectivity index (χ1v) is 9.58. The van der Waals surface area contributed by atoms with Crippen LogP contribution in [-0.2, 0) is 0 Å². The Morgan fingerprint density at radius 2 is 1.54 bits per heavy atom. The Balaban J connectivity index is 1.88. The second kappa shape index (κ2) is 6.63. The van der Waals surface area contributed by atoms with Gasteiger partial charge in [-0.2, -0.15) is 0 Å². The van der Waals surface area contributed by atoms with Gasteiger partial charge in [-0.3, -0.25) is 9.59 Å². The summed E-state index contributed by atoms with van der Waals surface area (Å²) in [7, 11) is 0. The third-order valence-electron chi connectivity index (χ3n) is 4.61. The number of rotatable bonds is 2. The van der Waals surface area contributed by atoms with Gasteiger partial charge < -0.3 is 14.9 Å². The highest BCUT2D eigenvalue weighted by Crippen LogP contribution is 2.43. The number of halogens is 1. The second-order valence-corrected chi connectivity index (χ2v) is 7.82. The number of carbonyl (C=O) groups excluding carboxylic acids is 2. The maximum absolute atomic E-state index is 12.9. The Labute approximate surface area is 174 Å². The lowest BCUT2D eigenvalue weighted by Gasteiger charge is -2.21. The summed E-state index contributed by atoms with van der Waals surface area (Å²) in [6.07, 6.45) is 0. The van der Waals surface area contributed by atoms with E-state index in [0.717, 1.165) is 11.1 Å². The molecule has 0 amide bonds. The summed E-state index contributed by atoms with van der Waals surface area (Å²) in [6.45, 7) is 3.89. The highest BCUT2D eigenvalue weighted by Gasteiger charge is 2.36. The highest BCUT2D eigenvalue weighted by molar-refractivity contribution is 14.1. The van der Waals surface area contributed by atoms with Crippen LogP contribution in [0.2, 0.25) is 0 Å². The van der Waals surface area contributed by atoms with Crippen molar-refractivity contribution < 1.29 is 24.5 Å². The van der Waals surface area contributed by atoms with Gasteiger partial charge >= 0.3 is 0 Å². The maximum Gasteiger partial charge on any atom is 0.202 e. The molecular weight excluding hydrogens is 471 g/mol. The smallest absolute Gasteiger partial charge is 0.202 e. The van der Waals surface area contributed by atoms with E-state index in [1.54, 1.807) is 0 Å². The molecule has 0 saturated heterocycles. The fraction of sp³-hybridized carbons (Fsp3) is 0.0909.